The number of hydrogen-bond acceptors (Lipinski definition) is 5. The van der Waals surface area contributed by atoms with Crippen molar-refractivity contribution in [2.45, 2.75) is 13.3 Å². The van der Waals surface area contributed by atoms with Gasteiger partial charge in [-0.3, -0.25) is 9.78 Å². The number of carbonyl (C=O) groups excluding carboxylic acids is 1. The van der Waals surface area contributed by atoms with Gasteiger partial charge in [-0.25, -0.2) is 4.39 Å². The minimum Gasteiger partial charge on any atom is -0.493 e. The van der Waals surface area contributed by atoms with Crippen LogP contribution in [0, 0.1) is 5.82 Å². The molecule has 1 aromatic heterocycles. The van der Waals surface area contributed by atoms with Crippen LogP contribution in [-0.2, 0) is 16.0 Å². The van der Waals surface area contributed by atoms with Gasteiger partial charge in [0.05, 0.1) is 39.6 Å². The van der Waals surface area contributed by atoms with Crippen LogP contribution in [0.1, 0.15) is 12.5 Å². The highest BCUT2D eigenvalue weighted by Crippen LogP contribution is 2.37. The maximum atomic E-state index is 13.4. The predicted octanol–water partition coefficient (Wildman–Crippen LogP) is 5.65. The summed E-state index contributed by atoms with van der Waals surface area (Å²) in [4.78, 5) is 15.0. The lowest BCUT2D eigenvalue weighted by Gasteiger charge is -2.17. The van der Waals surface area contributed by atoms with E-state index in [1.54, 1.807) is 12.3 Å². The summed E-state index contributed by atoms with van der Waals surface area (Å²) >= 11 is 9.71. The zero-order valence-corrected chi connectivity index (χ0v) is 17.3. The van der Waals surface area contributed by atoms with Gasteiger partial charge in [0.15, 0.2) is 0 Å². The molecule has 1 N–H and O–H groups in total. The van der Waals surface area contributed by atoms with Crippen LogP contribution in [0.2, 0.25) is 5.02 Å². The molecule has 8 heteroatoms. The van der Waals surface area contributed by atoms with Gasteiger partial charge in [0.25, 0.3) is 6.47 Å². The normalized spacial score (nSPS) is 10.7. The Morgan fingerprint density at radius 2 is 2.14 bits per heavy atom. The van der Waals surface area contributed by atoms with E-state index < -0.39 is 5.82 Å². The maximum Gasteiger partial charge on any atom is 0.293 e. The minimum atomic E-state index is -0.418. The second kappa shape index (κ2) is 9.21. The number of pyridine rings is 1. The summed E-state index contributed by atoms with van der Waals surface area (Å²) in [5.74, 6) is 0.268. The summed E-state index contributed by atoms with van der Waals surface area (Å²) < 4.78 is 24.6. The van der Waals surface area contributed by atoms with Crippen LogP contribution < -0.4 is 10.1 Å². The summed E-state index contributed by atoms with van der Waals surface area (Å²) in [6.45, 7) is 3.05. The molecule has 0 saturated heterocycles. The van der Waals surface area contributed by atoms with E-state index in [2.05, 4.69) is 26.2 Å². The van der Waals surface area contributed by atoms with E-state index in [9.17, 15) is 9.18 Å². The molecule has 1 heterocycles. The van der Waals surface area contributed by atoms with Crippen molar-refractivity contribution < 1.29 is 18.7 Å². The highest BCUT2D eigenvalue weighted by Gasteiger charge is 2.14. The van der Waals surface area contributed by atoms with Crippen LogP contribution in [0.5, 0.6) is 5.75 Å². The summed E-state index contributed by atoms with van der Waals surface area (Å²) in [5.41, 5.74) is 2.84. The van der Waals surface area contributed by atoms with Gasteiger partial charge in [0.2, 0.25) is 0 Å². The number of hydrogen-bond donors (Lipinski definition) is 1. The van der Waals surface area contributed by atoms with Crippen molar-refractivity contribution in [1.29, 1.82) is 0 Å². The molecule has 0 aliphatic rings. The molecular formula is C20H17BrClFN2O3. The molecule has 3 rings (SSSR count). The molecule has 0 spiro atoms. The summed E-state index contributed by atoms with van der Waals surface area (Å²) in [5, 5.41) is 4.35. The third-order valence-electron chi connectivity index (χ3n) is 4.05. The van der Waals surface area contributed by atoms with Gasteiger partial charge in [-0.1, -0.05) is 11.6 Å². The third kappa shape index (κ3) is 4.54. The van der Waals surface area contributed by atoms with Crippen molar-refractivity contribution in [2.75, 3.05) is 18.5 Å². The number of halogens is 3. The molecule has 0 atom stereocenters. The van der Waals surface area contributed by atoms with Crippen LogP contribution >= 0.6 is 27.5 Å². The molecular weight excluding hydrogens is 451 g/mol. The predicted molar refractivity (Wildman–Crippen MR) is 111 cm³/mol. The van der Waals surface area contributed by atoms with E-state index in [0.717, 1.165) is 21.1 Å². The van der Waals surface area contributed by atoms with E-state index in [1.165, 1.54) is 12.1 Å². The number of carbonyl (C=O) groups is 1. The Morgan fingerprint density at radius 3 is 2.86 bits per heavy atom. The van der Waals surface area contributed by atoms with Crippen LogP contribution in [0.15, 0.2) is 41.0 Å². The van der Waals surface area contributed by atoms with Crippen molar-refractivity contribution >= 4 is 56.3 Å². The molecule has 0 amide bonds. The van der Waals surface area contributed by atoms with Crippen molar-refractivity contribution in [3.8, 4) is 5.75 Å². The number of benzene rings is 2. The van der Waals surface area contributed by atoms with Gasteiger partial charge >= 0.3 is 0 Å². The van der Waals surface area contributed by atoms with Crippen LogP contribution in [0.25, 0.3) is 10.9 Å². The fraction of sp³-hybridized carbons (Fsp3) is 0.200. The molecule has 0 bridgehead atoms. The van der Waals surface area contributed by atoms with Gasteiger partial charge < -0.3 is 14.8 Å². The molecule has 0 saturated carbocycles. The van der Waals surface area contributed by atoms with Gasteiger partial charge in [-0.2, -0.15) is 0 Å². The Balaban J connectivity index is 2.11. The maximum absolute atomic E-state index is 13.4. The van der Waals surface area contributed by atoms with Crippen LogP contribution in [0.4, 0.5) is 15.8 Å². The number of ether oxygens (including phenoxy) is 2. The summed E-state index contributed by atoms with van der Waals surface area (Å²) in [6.07, 6.45) is 2.16. The highest BCUT2D eigenvalue weighted by atomic mass is 79.9. The highest BCUT2D eigenvalue weighted by molar-refractivity contribution is 9.10. The zero-order valence-electron chi connectivity index (χ0n) is 15.0. The Morgan fingerprint density at radius 1 is 1.32 bits per heavy atom. The number of anilines is 2. The van der Waals surface area contributed by atoms with Crippen molar-refractivity contribution in [2.24, 2.45) is 0 Å². The van der Waals surface area contributed by atoms with Crippen molar-refractivity contribution in [3.05, 3.63) is 57.4 Å². The van der Waals surface area contributed by atoms with E-state index in [4.69, 9.17) is 21.1 Å². The molecule has 146 valence electrons. The Hall–Kier alpha value is -2.38. The molecule has 0 unspecified atom stereocenters. The number of fused-ring (bicyclic) bond motifs is 1. The lowest BCUT2D eigenvalue weighted by atomic mass is 10.1. The number of rotatable bonds is 8. The SMILES string of the molecule is CCOc1cc2ncc(CCOC=O)c(Nc3ccc(F)cc3Cl)c2cc1Br. The monoisotopic (exact) mass is 466 g/mol. The van der Waals surface area contributed by atoms with E-state index >= 15 is 0 Å². The van der Waals surface area contributed by atoms with E-state index in [1.807, 2.05) is 19.1 Å². The molecule has 28 heavy (non-hydrogen) atoms. The first-order chi connectivity index (χ1) is 13.5. The Bertz CT molecular complexity index is 1020. The van der Waals surface area contributed by atoms with Gasteiger partial charge in [0.1, 0.15) is 11.6 Å². The second-order valence-corrected chi connectivity index (χ2v) is 7.12. The van der Waals surface area contributed by atoms with Crippen LogP contribution in [0.3, 0.4) is 0 Å². The topological polar surface area (TPSA) is 60.5 Å². The molecule has 3 aromatic rings. The molecule has 0 radical (unpaired) electrons. The first-order valence-electron chi connectivity index (χ1n) is 8.54. The third-order valence-corrected chi connectivity index (χ3v) is 4.98. The van der Waals surface area contributed by atoms with Crippen LogP contribution in [-0.4, -0.2) is 24.7 Å². The minimum absolute atomic E-state index is 0.209. The van der Waals surface area contributed by atoms with Crippen molar-refractivity contribution in [1.82, 2.24) is 4.98 Å². The molecule has 0 aliphatic heterocycles. The van der Waals surface area contributed by atoms with Gasteiger partial charge in [-0.05, 0) is 52.7 Å². The molecule has 2 aromatic carbocycles. The van der Waals surface area contributed by atoms with E-state index in [-0.39, 0.29) is 11.6 Å². The number of aromatic nitrogens is 1. The molecule has 0 fully saturated rings. The Kier molecular flexibility index (Phi) is 6.70. The summed E-state index contributed by atoms with van der Waals surface area (Å²) in [6, 6.07) is 7.88. The second-order valence-electron chi connectivity index (χ2n) is 5.86. The Labute approximate surface area is 174 Å². The lowest BCUT2D eigenvalue weighted by Crippen LogP contribution is -2.04. The fourth-order valence-electron chi connectivity index (χ4n) is 2.78. The number of nitrogens with zero attached hydrogens (tertiary/aromatic N) is 1. The summed E-state index contributed by atoms with van der Waals surface area (Å²) in [7, 11) is 0. The average molecular weight is 468 g/mol. The number of nitrogens with one attached hydrogen (secondary N) is 1. The average Bonchev–Trinajstić information content (AvgIpc) is 2.66. The fourth-order valence-corrected chi connectivity index (χ4v) is 3.45. The first kappa shape index (κ1) is 20.4. The quantitative estimate of drug-likeness (QED) is 0.343. The van der Waals surface area contributed by atoms with Crippen molar-refractivity contribution in [3.63, 3.8) is 0 Å². The first-order valence-corrected chi connectivity index (χ1v) is 9.71. The van der Waals surface area contributed by atoms with Gasteiger partial charge in [0, 0.05) is 24.1 Å². The van der Waals surface area contributed by atoms with E-state index in [0.29, 0.717) is 36.5 Å². The van der Waals surface area contributed by atoms with Gasteiger partial charge in [-0.15, -0.1) is 0 Å². The zero-order chi connectivity index (χ0) is 20.1. The lowest BCUT2D eigenvalue weighted by molar-refractivity contribution is -0.128. The smallest absolute Gasteiger partial charge is 0.293 e. The largest absolute Gasteiger partial charge is 0.493 e. The molecule has 5 nitrogen and oxygen atoms in total. The molecule has 0 aliphatic carbocycles. The standard InChI is InChI=1S/C20H17BrClFN2O3/c1-2-28-19-9-18-14(8-15(19)21)20(12(10-24-18)5-6-27-11-26)25-17-4-3-13(23)7-16(17)22/h3-4,7-11H,2,5-6H2,1H3,(H,24,25).